The SMILES string of the molecule is C=C/C(C)=C(C)\C(Cl)=C(/C)C(C)C. The largest absolute Gasteiger partial charge is 0.0988 e. The van der Waals surface area contributed by atoms with Crippen molar-refractivity contribution < 1.29 is 0 Å². The first-order valence-electron chi connectivity index (χ1n) is 4.58. The molecule has 0 heterocycles. The van der Waals surface area contributed by atoms with Crippen molar-refractivity contribution in [1.82, 2.24) is 0 Å². The van der Waals surface area contributed by atoms with Crippen LogP contribution in [0.3, 0.4) is 0 Å². The zero-order valence-electron chi connectivity index (χ0n) is 9.24. The maximum atomic E-state index is 6.22. The quantitative estimate of drug-likeness (QED) is 0.578. The zero-order valence-corrected chi connectivity index (χ0v) is 10.00. The topological polar surface area (TPSA) is 0 Å². The van der Waals surface area contributed by atoms with Crippen molar-refractivity contribution in [3.63, 3.8) is 0 Å². The van der Waals surface area contributed by atoms with Crippen molar-refractivity contribution >= 4 is 11.6 Å². The van der Waals surface area contributed by atoms with E-state index in [2.05, 4.69) is 27.4 Å². The van der Waals surface area contributed by atoms with Gasteiger partial charge in [-0.15, -0.1) is 0 Å². The minimum atomic E-state index is 0.500. The van der Waals surface area contributed by atoms with E-state index in [0.717, 1.165) is 16.2 Å². The highest BCUT2D eigenvalue weighted by Crippen LogP contribution is 2.26. The van der Waals surface area contributed by atoms with Crippen molar-refractivity contribution in [3.05, 3.63) is 34.4 Å². The summed E-state index contributed by atoms with van der Waals surface area (Å²) in [5, 5.41) is 0.882. The van der Waals surface area contributed by atoms with Gasteiger partial charge in [-0.2, -0.15) is 0 Å². The number of hydrogen-bond acceptors (Lipinski definition) is 0. The minimum Gasteiger partial charge on any atom is -0.0988 e. The molecule has 0 radical (unpaired) electrons. The standard InChI is InChI=1S/C12H19Cl/c1-7-9(4)11(6)12(13)10(5)8(2)3/h7-8H,1H2,2-6H3/b11-9-,12-10-. The lowest BCUT2D eigenvalue weighted by molar-refractivity contribution is 0.765. The van der Waals surface area contributed by atoms with Crippen LogP contribution in [-0.2, 0) is 0 Å². The zero-order chi connectivity index (χ0) is 10.6. The van der Waals surface area contributed by atoms with Gasteiger partial charge < -0.3 is 0 Å². The Hall–Kier alpha value is -0.490. The highest BCUT2D eigenvalue weighted by atomic mass is 35.5. The molecule has 0 aromatic heterocycles. The summed E-state index contributed by atoms with van der Waals surface area (Å²) >= 11 is 6.22. The van der Waals surface area contributed by atoms with E-state index < -0.39 is 0 Å². The van der Waals surface area contributed by atoms with Gasteiger partial charge >= 0.3 is 0 Å². The van der Waals surface area contributed by atoms with Crippen LogP contribution in [0, 0.1) is 5.92 Å². The second-order valence-corrected chi connectivity index (χ2v) is 4.04. The number of halogens is 1. The van der Waals surface area contributed by atoms with Gasteiger partial charge in [0.1, 0.15) is 0 Å². The lowest BCUT2D eigenvalue weighted by Gasteiger charge is -2.11. The number of hydrogen-bond donors (Lipinski definition) is 0. The van der Waals surface area contributed by atoms with E-state index in [0.29, 0.717) is 5.92 Å². The smallest absolute Gasteiger partial charge is 0.0429 e. The van der Waals surface area contributed by atoms with Gasteiger partial charge in [-0.1, -0.05) is 43.7 Å². The monoisotopic (exact) mass is 198 g/mol. The summed E-state index contributed by atoms with van der Waals surface area (Å²) in [5.41, 5.74) is 3.51. The first-order chi connectivity index (χ1) is 5.91. The van der Waals surface area contributed by atoms with Crippen molar-refractivity contribution in [3.8, 4) is 0 Å². The summed E-state index contributed by atoms with van der Waals surface area (Å²) in [6.45, 7) is 14.2. The van der Waals surface area contributed by atoms with Crippen LogP contribution in [0.25, 0.3) is 0 Å². The molecular formula is C12H19Cl. The van der Waals surface area contributed by atoms with E-state index in [-0.39, 0.29) is 0 Å². The van der Waals surface area contributed by atoms with Crippen LogP contribution in [0.5, 0.6) is 0 Å². The first kappa shape index (κ1) is 12.5. The molecule has 13 heavy (non-hydrogen) atoms. The normalized spacial score (nSPS) is 15.3. The molecule has 0 aliphatic rings. The van der Waals surface area contributed by atoms with Crippen LogP contribution < -0.4 is 0 Å². The molecule has 0 rings (SSSR count). The van der Waals surface area contributed by atoms with Crippen molar-refractivity contribution in [2.75, 3.05) is 0 Å². The second-order valence-electron chi connectivity index (χ2n) is 3.66. The molecule has 0 aliphatic carbocycles. The Bertz CT molecular complexity index is 254. The maximum Gasteiger partial charge on any atom is 0.0429 e. The van der Waals surface area contributed by atoms with E-state index in [9.17, 15) is 0 Å². The number of allylic oxidation sites excluding steroid dienone is 5. The van der Waals surface area contributed by atoms with Gasteiger partial charge in [-0.25, -0.2) is 0 Å². The van der Waals surface area contributed by atoms with Crippen molar-refractivity contribution in [2.24, 2.45) is 5.92 Å². The summed E-state index contributed by atoms with van der Waals surface area (Å²) in [4.78, 5) is 0. The molecule has 0 spiro atoms. The van der Waals surface area contributed by atoms with Crippen LogP contribution in [0.2, 0.25) is 0 Å². The van der Waals surface area contributed by atoms with Gasteiger partial charge in [0.15, 0.2) is 0 Å². The highest BCUT2D eigenvalue weighted by Gasteiger charge is 2.06. The molecule has 74 valence electrons. The first-order valence-corrected chi connectivity index (χ1v) is 4.96. The average Bonchev–Trinajstić information content (AvgIpc) is 2.12. The van der Waals surface area contributed by atoms with Crippen LogP contribution in [0.4, 0.5) is 0 Å². The predicted molar refractivity (Wildman–Crippen MR) is 62.0 cm³/mol. The summed E-state index contributed by atoms with van der Waals surface area (Å²) < 4.78 is 0. The summed E-state index contributed by atoms with van der Waals surface area (Å²) in [5.74, 6) is 0.500. The molecular weight excluding hydrogens is 180 g/mol. The minimum absolute atomic E-state index is 0.500. The fraction of sp³-hybridized carbons (Fsp3) is 0.500. The molecule has 1 heteroatoms. The lowest BCUT2D eigenvalue weighted by atomic mass is 10.0. The Kier molecular flexibility index (Phi) is 5.09. The van der Waals surface area contributed by atoms with E-state index in [1.807, 2.05) is 19.9 Å². The summed E-state index contributed by atoms with van der Waals surface area (Å²) in [7, 11) is 0. The molecule has 0 aromatic rings. The molecule has 0 N–H and O–H groups in total. The third-order valence-electron chi connectivity index (χ3n) is 2.44. The van der Waals surface area contributed by atoms with Gasteiger partial charge in [0.2, 0.25) is 0 Å². The summed E-state index contributed by atoms with van der Waals surface area (Å²) in [6, 6.07) is 0. The lowest BCUT2D eigenvalue weighted by Crippen LogP contribution is -1.94. The fourth-order valence-electron chi connectivity index (χ4n) is 0.875. The van der Waals surface area contributed by atoms with Gasteiger partial charge in [0, 0.05) is 5.03 Å². The third-order valence-corrected chi connectivity index (χ3v) is 3.02. The molecule has 0 fully saturated rings. The highest BCUT2D eigenvalue weighted by molar-refractivity contribution is 6.32. The van der Waals surface area contributed by atoms with E-state index in [1.54, 1.807) is 0 Å². The second kappa shape index (κ2) is 5.29. The fourth-order valence-corrected chi connectivity index (χ4v) is 1.24. The molecule has 0 aliphatic heterocycles. The van der Waals surface area contributed by atoms with Gasteiger partial charge in [0.25, 0.3) is 0 Å². The molecule has 0 aromatic carbocycles. The van der Waals surface area contributed by atoms with Crippen LogP contribution in [0.15, 0.2) is 34.4 Å². The average molecular weight is 199 g/mol. The molecule has 0 saturated heterocycles. The van der Waals surface area contributed by atoms with Crippen molar-refractivity contribution in [2.45, 2.75) is 34.6 Å². The Balaban J connectivity index is 5.10. The number of rotatable bonds is 3. The van der Waals surface area contributed by atoms with Crippen molar-refractivity contribution in [1.29, 1.82) is 0 Å². The van der Waals surface area contributed by atoms with Gasteiger partial charge in [-0.05, 0) is 37.8 Å². The Labute approximate surface area is 87.0 Å². The van der Waals surface area contributed by atoms with E-state index in [4.69, 9.17) is 11.6 Å². The molecule has 0 saturated carbocycles. The molecule has 0 nitrogen and oxygen atoms in total. The Morgan fingerprint density at radius 2 is 1.69 bits per heavy atom. The van der Waals surface area contributed by atoms with Crippen LogP contribution >= 0.6 is 11.6 Å². The molecule has 0 amide bonds. The summed E-state index contributed by atoms with van der Waals surface area (Å²) in [6.07, 6.45) is 1.84. The van der Waals surface area contributed by atoms with Crippen LogP contribution in [-0.4, -0.2) is 0 Å². The van der Waals surface area contributed by atoms with E-state index >= 15 is 0 Å². The van der Waals surface area contributed by atoms with E-state index in [1.165, 1.54) is 5.57 Å². The Morgan fingerprint density at radius 3 is 2.00 bits per heavy atom. The molecule has 0 unspecified atom stereocenters. The predicted octanol–water partition coefficient (Wildman–Crippen LogP) is 4.68. The van der Waals surface area contributed by atoms with Gasteiger partial charge in [0.05, 0.1) is 0 Å². The van der Waals surface area contributed by atoms with Gasteiger partial charge in [-0.3, -0.25) is 0 Å². The molecule has 0 bridgehead atoms. The Morgan fingerprint density at radius 1 is 1.23 bits per heavy atom. The maximum absolute atomic E-state index is 6.22. The molecule has 0 atom stereocenters. The van der Waals surface area contributed by atoms with Crippen LogP contribution in [0.1, 0.15) is 34.6 Å². The third kappa shape index (κ3) is 3.40.